The highest BCUT2D eigenvalue weighted by Crippen LogP contribution is 1.97. The summed E-state index contributed by atoms with van der Waals surface area (Å²) >= 11 is 0. The zero-order valence-electron chi connectivity index (χ0n) is 10.1. The minimum absolute atomic E-state index is 0.0968. The Morgan fingerprint density at radius 1 is 1.24 bits per heavy atom. The topological polar surface area (TPSA) is 55.4 Å². The van der Waals surface area contributed by atoms with Crippen molar-refractivity contribution in [1.29, 1.82) is 0 Å². The molecule has 1 amide bonds. The van der Waals surface area contributed by atoms with Gasteiger partial charge in [-0.15, -0.1) is 0 Å². The number of benzene rings is 1. The summed E-state index contributed by atoms with van der Waals surface area (Å²) in [5, 5.41) is 2.51. The highest BCUT2D eigenvalue weighted by Gasteiger charge is 2.08. The maximum Gasteiger partial charge on any atom is 0.325 e. The minimum Gasteiger partial charge on any atom is -0.464 e. The quantitative estimate of drug-likeness (QED) is 0.789. The summed E-state index contributed by atoms with van der Waals surface area (Å²) in [6, 6.07) is 8.75. The fourth-order valence-corrected chi connectivity index (χ4v) is 1.15. The normalized spacial score (nSPS) is 10.1. The van der Waals surface area contributed by atoms with Crippen molar-refractivity contribution in [1.82, 2.24) is 5.32 Å². The molecule has 0 aliphatic rings. The van der Waals surface area contributed by atoms with E-state index in [0.29, 0.717) is 18.1 Å². The van der Waals surface area contributed by atoms with Crippen molar-refractivity contribution < 1.29 is 14.3 Å². The van der Waals surface area contributed by atoms with Crippen molar-refractivity contribution in [2.24, 2.45) is 5.92 Å². The molecule has 1 aromatic rings. The summed E-state index contributed by atoms with van der Waals surface area (Å²) in [5.41, 5.74) is 0.532. The molecule has 0 bridgehead atoms. The fourth-order valence-electron chi connectivity index (χ4n) is 1.15. The van der Waals surface area contributed by atoms with Gasteiger partial charge < -0.3 is 10.1 Å². The molecule has 1 rings (SSSR count). The van der Waals surface area contributed by atoms with Crippen LogP contribution in [0.3, 0.4) is 0 Å². The summed E-state index contributed by atoms with van der Waals surface area (Å²) in [6.45, 7) is 4.19. The molecule has 0 spiro atoms. The van der Waals surface area contributed by atoms with Gasteiger partial charge in [0.1, 0.15) is 6.54 Å². The van der Waals surface area contributed by atoms with E-state index >= 15 is 0 Å². The number of carbonyl (C=O) groups excluding carboxylic acids is 2. The Bertz CT molecular complexity index is 374. The van der Waals surface area contributed by atoms with Gasteiger partial charge >= 0.3 is 5.97 Å². The third-order valence-electron chi connectivity index (χ3n) is 2.01. The molecular weight excluding hydrogens is 218 g/mol. The lowest BCUT2D eigenvalue weighted by Crippen LogP contribution is -2.31. The van der Waals surface area contributed by atoms with Crippen molar-refractivity contribution in [3.63, 3.8) is 0 Å². The first-order valence-electron chi connectivity index (χ1n) is 5.58. The van der Waals surface area contributed by atoms with Crippen molar-refractivity contribution in [3.8, 4) is 0 Å². The van der Waals surface area contributed by atoms with E-state index < -0.39 is 5.97 Å². The number of esters is 1. The lowest BCUT2D eigenvalue weighted by atomic mass is 10.2. The van der Waals surface area contributed by atoms with Gasteiger partial charge in [-0.3, -0.25) is 9.59 Å². The van der Waals surface area contributed by atoms with Crippen LogP contribution in [0.25, 0.3) is 0 Å². The zero-order valence-corrected chi connectivity index (χ0v) is 10.1. The van der Waals surface area contributed by atoms with E-state index in [1.54, 1.807) is 24.3 Å². The van der Waals surface area contributed by atoms with Gasteiger partial charge in [-0.05, 0) is 18.1 Å². The van der Waals surface area contributed by atoms with Crippen LogP contribution in [0.15, 0.2) is 30.3 Å². The number of hydrogen-bond donors (Lipinski definition) is 1. The first-order chi connectivity index (χ1) is 8.09. The van der Waals surface area contributed by atoms with Crippen LogP contribution in [0.5, 0.6) is 0 Å². The highest BCUT2D eigenvalue weighted by molar-refractivity contribution is 5.95. The lowest BCUT2D eigenvalue weighted by molar-refractivity contribution is -0.143. The molecule has 4 nitrogen and oxygen atoms in total. The van der Waals surface area contributed by atoms with Crippen molar-refractivity contribution in [2.45, 2.75) is 13.8 Å². The maximum absolute atomic E-state index is 11.6. The van der Waals surface area contributed by atoms with E-state index in [9.17, 15) is 9.59 Å². The van der Waals surface area contributed by atoms with E-state index in [0.717, 1.165) is 0 Å². The first-order valence-corrected chi connectivity index (χ1v) is 5.58. The molecule has 92 valence electrons. The molecule has 0 aliphatic carbocycles. The van der Waals surface area contributed by atoms with Gasteiger partial charge in [0, 0.05) is 5.56 Å². The van der Waals surface area contributed by atoms with Crippen LogP contribution in [-0.2, 0) is 9.53 Å². The molecule has 1 aromatic carbocycles. The molecule has 0 fully saturated rings. The molecular formula is C13H17NO3. The van der Waals surface area contributed by atoms with E-state index in [-0.39, 0.29) is 12.5 Å². The van der Waals surface area contributed by atoms with Crippen LogP contribution in [0, 0.1) is 5.92 Å². The average Bonchev–Trinajstić information content (AvgIpc) is 2.34. The Kier molecular flexibility index (Phi) is 5.20. The van der Waals surface area contributed by atoms with Crippen molar-refractivity contribution >= 4 is 11.9 Å². The average molecular weight is 235 g/mol. The standard InChI is InChI=1S/C13H17NO3/c1-10(2)9-17-12(15)8-14-13(16)11-6-4-3-5-7-11/h3-7,10H,8-9H2,1-2H3,(H,14,16). The molecule has 0 aromatic heterocycles. The second-order valence-corrected chi connectivity index (χ2v) is 4.13. The van der Waals surface area contributed by atoms with Gasteiger partial charge in [-0.2, -0.15) is 0 Å². The lowest BCUT2D eigenvalue weighted by Gasteiger charge is -2.08. The van der Waals surface area contributed by atoms with Crippen LogP contribution in [0.1, 0.15) is 24.2 Å². The molecule has 1 N–H and O–H groups in total. The van der Waals surface area contributed by atoms with Crippen LogP contribution in [0.4, 0.5) is 0 Å². The SMILES string of the molecule is CC(C)COC(=O)CNC(=O)c1ccccc1. The summed E-state index contributed by atoms with van der Waals surface area (Å²) in [5.74, 6) is -0.390. The highest BCUT2D eigenvalue weighted by atomic mass is 16.5. The number of nitrogens with one attached hydrogen (secondary N) is 1. The Labute approximate surface area is 101 Å². The second kappa shape index (κ2) is 6.68. The van der Waals surface area contributed by atoms with Crippen LogP contribution >= 0.6 is 0 Å². The van der Waals surface area contributed by atoms with E-state index in [1.165, 1.54) is 0 Å². The monoisotopic (exact) mass is 235 g/mol. The van der Waals surface area contributed by atoms with E-state index in [4.69, 9.17) is 4.74 Å². The van der Waals surface area contributed by atoms with Gasteiger partial charge in [0.2, 0.25) is 0 Å². The Morgan fingerprint density at radius 2 is 1.88 bits per heavy atom. The molecule has 0 aliphatic heterocycles. The third kappa shape index (κ3) is 5.15. The number of carbonyl (C=O) groups is 2. The molecule has 0 radical (unpaired) electrons. The van der Waals surface area contributed by atoms with Gasteiger partial charge in [-0.1, -0.05) is 32.0 Å². The minimum atomic E-state index is -0.414. The van der Waals surface area contributed by atoms with E-state index in [1.807, 2.05) is 19.9 Å². The van der Waals surface area contributed by atoms with Crippen LogP contribution in [-0.4, -0.2) is 25.0 Å². The Balaban J connectivity index is 2.31. The summed E-state index contributed by atoms with van der Waals surface area (Å²) in [4.78, 5) is 22.8. The molecule has 17 heavy (non-hydrogen) atoms. The number of amides is 1. The molecule has 4 heteroatoms. The summed E-state index contributed by atoms with van der Waals surface area (Å²) in [6.07, 6.45) is 0. The predicted octanol–water partition coefficient (Wildman–Crippen LogP) is 1.62. The van der Waals surface area contributed by atoms with Gasteiger partial charge in [-0.25, -0.2) is 0 Å². The molecule has 0 heterocycles. The summed E-state index contributed by atoms with van der Waals surface area (Å²) < 4.78 is 4.94. The van der Waals surface area contributed by atoms with Gasteiger partial charge in [0.05, 0.1) is 6.61 Å². The smallest absolute Gasteiger partial charge is 0.325 e. The van der Waals surface area contributed by atoms with Crippen molar-refractivity contribution in [2.75, 3.05) is 13.2 Å². The fraction of sp³-hybridized carbons (Fsp3) is 0.385. The largest absolute Gasteiger partial charge is 0.464 e. The number of ether oxygens (including phenoxy) is 1. The third-order valence-corrected chi connectivity index (χ3v) is 2.01. The molecule has 0 atom stereocenters. The number of rotatable bonds is 5. The van der Waals surface area contributed by atoms with Crippen LogP contribution in [0.2, 0.25) is 0 Å². The number of hydrogen-bond acceptors (Lipinski definition) is 3. The predicted molar refractivity (Wildman–Crippen MR) is 64.6 cm³/mol. The Morgan fingerprint density at radius 3 is 2.47 bits per heavy atom. The molecule has 0 saturated carbocycles. The van der Waals surface area contributed by atoms with Gasteiger partial charge in [0.25, 0.3) is 5.91 Å². The Hall–Kier alpha value is -1.84. The second-order valence-electron chi connectivity index (χ2n) is 4.13. The first kappa shape index (κ1) is 13.2. The zero-order chi connectivity index (χ0) is 12.7. The van der Waals surface area contributed by atoms with Crippen molar-refractivity contribution in [3.05, 3.63) is 35.9 Å². The van der Waals surface area contributed by atoms with E-state index in [2.05, 4.69) is 5.32 Å². The van der Waals surface area contributed by atoms with Gasteiger partial charge in [0.15, 0.2) is 0 Å². The maximum atomic E-state index is 11.6. The summed E-state index contributed by atoms with van der Waals surface area (Å²) in [7, 11) is 0. The molecule has 0 unspecified atom stereocenters. The molecule has 0 saturated heterocycles. The van der Waals surface area contributed by atoms with Crippen LogP contribution < -0.4 is 5.32 Å².